The summed E-state index contributed by atoms with van der Waals surface area (Å²) in [6.07, 6.45) is 1.05. The maximum atomic E-state index is 5.59. The molecule has 0 bridgehead atoms. The highest BCUT2D eigenvalue weighted by molar-refractivity contribution is 5.21. The largest absolute Gasteiger partial charge is 0.406 e. The molecule has 0 aliphatic rings. The molecule has 5 nitrogen and oxygen atoms in total. The van der Waals surface area contributed by atoms with E-state index in [1.54, 1.807) is 0 Å². The molecule has 2 N–H and O–H groups in total. The van der Waals surface area contributed by atoms with E-state index in [0.717, 1.165) is 13.0 Å². The molecule has 0 saturated carbocycles. The maximum absolute atomic E-state index is 5.59. The summed E-state index contributed by atoms with van der Waals surface area (Å²) in [5.74, 6) is 0.484. The van der Waals surface area contributed by atoms with Crippen molar-refractivity contribution in [2.24, 2.45) is 5.73 Å². The molecule has 1 aromatic rings. The third kappa shape index (κ3) is 2.42. The zero-order chi connectivity index (χ0) is 9.84. The first kappa shape index (κ1) is 9.98. The van der Waals surface area contributed by atoms with Crippen LogP contribution in [0.15, 0.2) is 4.42 Å². The average molecular weight is 184 g/mol. The highest BCUT2D eigenvalue weighted by Gasteiger charge is 2.12. The second-order valence-corrected chi connectivity index (χ2v) is 3.13. The minimum atomic E-state index is -0.198. The summed E-state index contributed by atoms with van der Waals surface area (Å²) in [7, 11) is 1.92. The summed E-state index contributed by atoms with van der Waals surface area (Å²) >= 11 is 0. The number of hydrogen-bond acceptors (Lipinski definition) is 5. The summed E-state index contributed by atoms with van der Waals surface area (Å²) in [5, 5.41) is 7.72. The van der Waals surface area contributed by atoms with Gasteiger partial charge in [-0.3, -0.25) is 0 Å². The van der Waals surface area contributed by atoms with Crippen molar-refractivity contribution in [3.05, 3.63) is 5.89 Å². The van der Waals surface area contributed by atoms with Gasteiger partial charge in [-0.25, -0.2) is 0 Å². The first-order valence-corrected chi connectivity index (χ1v) is 4.45. The average Bonchev–Trinajstić information content (AvgIpc) is 2.52. The van der Waals surface area contributed by atoms with E-state index < -0.39 is 0 Å². The van der Waals surface area contributed by atoms with Crippen LogP contribution in [-0.2, 0) is 0 Å². The highest BCUT2D eigenvalue weighted by Crippen LogP contribution is 2.14. The van der Waals surface area contributed by atoms with E-state index in [0.29, 0.717) is 11.9 Å². The Morgan fingerprint density at radius 1 is 1.54 bits per heavy atom. The second kappa shape index (κ2) is 4.23. The lowest BCUT2D eigenvalue weighted by molar-refractivity contribution is 0.460. The van der Waals surface area contributed by atoms with Crippen molar-refractivity contribution in [1.82, 2.24) is 10.2 Å². The van der Waals surface area contributed by atoms with Crippen molar-refractivity contribution in [3.8, 4) is 0 Å². The van der Waals surface area contributed by atoms with Gasteiger partial charge in [-0.15, -0.1) is 5.10 Å². The van der Waals surface area contributed by atoms with Crippen molar-refractivity contribution in [1.29, 1.82) is 0 Å². The number of anilines is 1. The standard InChI is InChI=1S/C8H16N4O/c1-4-5-12(3)8-11-10-7(13-8)6(2)9/h6H,4-5,9H2,1-3H3. The van der Waals surface area contributed by atoms with Crippen LogP contribution in [0.5, 0.6) is 0 Å². The van der Waals surface area contributed by atoms with Crippen LogP contribution < -0.4 is 10.6 Å². The van der Waals surface area contributed by atoms with E-state index in [-0.39, 0.29) is 6.04 Å². The molecule has 1 aromatic heterocycles. The molecular weight excluding hydrogens is 168 g/mol. The van der Waals surface area contributed by atoms with Crippen molar-refractivity contribution >= 4 is 6.01 Å². The molecule has 1 unspecified atom stereocenters. The van der Waals surface area contributed by atoms with Crippen LogP contribution in [0, 0.1) is 0 Å². The SMILES string of the molecule is CCCN(C)c1nnc(C(C)N)o1. The smallest absolute Gasteiger partial charge is 0.317 e. The Balaban J connectivity index is 2.67. The van der Waals surface area contributed by atoms with Gasteiger partial charge < -0.3 is 15.1 Å². The van der Waals surface area contributed by atoms with Crippen molar-refractivity contribution in [3.63, 3.8) is 0 Å². The molecule has 0 spiro atoms. The molecule has 1 heterocycles. The molecule has 0 saturated heterocycles. The number of aromatic nitrogens is 2. The number of nitrogens with zero attached hydrogens (tertiary/aromatic N) is 3. The first-order valence-electron chi connectivity index (χ1n) is 4.45. The molecule has 1 atom stereocenters. The zero-order valence-electron chi connectivity index (χ0n) is 8.32. The fraction of sp³-hybridized carbons (Fsp3) is 0.750. The van der Waals surface area contributed by atoms with E-state index in [1.165, 1.54) is 0 Å². The highest BCUT2D eigenvalue weighted by atomic mass is 16.4. The number of rotatable bonds is 4. The molecule has 0 aliphatic heterocycles. The molecule has 0 fully saturated rings. The van der Waals surface area contributed by atoms with Crippen LogP contribution in [-0.4, -0.2) is 23.8 Å². The van der Waals surface area contributed by atoms with Gasteiger partial charge in [-0.05, 0) is 13.3 Å². The molecule has 74 valence electrons. The molecule has 0 aromatic carbocycles. The van der Waals surface area contributed by atoms with E-state index in [9.17, 15) is 0 Å². The minimum absolute atomic E-state index is 0.198. The van der Waals surface area contributed by atoms with Gasteiger partial charge in [0.1, 0.15) is 0 Å². The predicted octanol–water partition coefficient (Wildman–Crippen LogP) is 0.935. The monoisotopic (exact) mass is 184 g/mol. The Hall–Kier alpha value is -1.10. The fourth-order valence-electron chi connectivity index (χ4n) is 0.996. The lowest BCUT2D eigenvalue weighted by atomic mass is 10.4. The van der Waals surface area contributed by atoms with Crippen molar-refractivity contribution < 1.29 is 4.42 Å². The van der Waals surface area contributed by atoms with Crippen LogP contribution in [0.1, 0.15) is 32.2 Å². The van der Waals surface area contributed by atoms with Gasteiger partial charge in [0, 0.05) is 13.6 Å². The summed E-state index contributed by atoms with van der Waals surface area (Å²) in [6, 6.07) is 0.338. The van der Waals surface area contributed by atoms with Gasteiger partial charge in [0.15, 0.2) is 0 Å². The maximum Gasteiger partial charge on any atom is 0.317 e. The van der Waals surface area contributed by atoms with Gasteiger partial charge in [0.2, 0.25) is 5.89 Å². The summed E-state index contributed by atoms with van der Waals surface area (Å²) in [4.78, 5) is 1.92. The van der Waals surface area contributed by atoms with Crippen LogP contribution in [0.2, 0.25) is 0 Å². The van der Waals surface area contributed by atoms with Crippen molar-refractivity contribution in [2.75, 3.05) is 18.5 Å². The number of nitrogens with two attached hydrogens (primary N) is 1. The molecule has 0 amide bonds. The third-order valence-electron chi connectivity index (χ3n) is 1.71. The number of hydrogen-bond donors (Lipinski definition) is 1. The second-order valence-electron chi connectivity index (χ2n) is 3.13. The topological polar surface area (TPSA) is 68.2 Å². The Bertz CT molecular complexity index is 258. The third-order valence-corrected chi connectivity index (χ3v) is 1.71. The van der Waals surface area contributed by atoms with E-state index in [2.05, 4.69) is 17.1 Å². The summed E-state index contributed by atoms with van der Waals surface area (Å²) in [6.45, 7) is 4.82. The molecule has 0 aliphatic carbocycles. The van der Waals surface area contributed by atoms with Crippen LogP contribution >= 0.6 is 0 Å². The first-order chi connectivity index (χ1) is 6.15. The molecule has 0 radical (unpaired) electrons. The minimum Gasteiger partial charge on any atom is -0.406 e. The van der Waals surface area contributed by atoms with Gasteiger partial charge in [-0.2, -0.15) is 0 Å². The Morgan fingerprint density at radius 3 is 2.69 bits per heavy atom. The summed E-state index contributed by atoms with van der Waals surface area (Å²) < 4.78 is 5.34. The van der Waals surface area contributed by atoms with E-state index in [1.807, 2.05) is 18.9 Å². The van der Waals surface area contributed by atoms with Crippen molar-refractivity contribution in [2.45, 2.75) is 26.3 Å². The Labute approximate surface area is 77.9 Å². The van der Waals surface area contributed by atoms with Gasteiger partial charge >= 0.3 is 6.01 Å². The molecular formula is C8H16N4O. The lowest BCUT2D eigenvalue weighted by Crippen LogP contribution is -2.17. The van der Waals surface area contributed by atoms with Crippen LogP contribution in [0.25, 0.3) is 0 Å². The molecule has 13 heavy (non-hydrogen) atoms. The van der Waals surface area contributed by atoms with Crippen LogP contribution in [0.4, 0.5) is 6.01 Å². The quantitative estimate of drug-likeness (QED) is 0.754. The zero-order valence-corrected chi connectivity index (χ0v) is 8.32. The van der Waals surface area contributed by atoms with Crippen LogP contribution in [0.3, 0.4) is 0 Å². The van der Waals surface area contributed by atoms with Gasteiger partial charge in [0.05, 0.1) is 6.04 Å². The lowest BCUT2D eigenvalue weighted by Gasteiger charge is -2.11. The predicted molar refractivity (Wildman–Crippen MR) is 50.5 cm³/mol. The van der Waals surface area contributed by atoms with E-state index in [4.69, 9.17) is 10.2 Å². The Morgan fingerprint density at radius 2 is 2.23 bits per heavy atom. The summed E-state index contributed by atoms with van der Waals surface area (Å²) in [5.41, 5.74) is 5.59. The fourth-order valence-corrected chi connectivity index (χ4v) is 0.996. The molecule has 1 rings (SSSR count). The van der Waals surface area contributed by atoms with Gasteiger partial charge in [-0.1, -0.05) is 12.0 Å². The molecule has 5 heteroatoms. The van der Waals surface area contributed by atoms with Gasteiger partial charge in [0.25, 0.3) is 0 Å². The Kier molecular flexibility index (Phi) is 3.25. The van der Waals surface area contributed by atoms with E-state index >= 15 is 0 Å². The normalized spacial score (nSPS) is 12.9.